The minimum absolute atomic E-state index is 0.143. The molecule has 1 atom stereocenters. The monoisotopic (exact) mass is 427 g/mol. The van der Waals surface area contributed by atoms with E-state index in [2.05, 4.69) is 20.4 Å². The highest BCUT2D eigenvalue weighted by atomic mass is 19.1. The average molecular weight is 427 g/mol. The first-order chi connectivity index (χ1) is 15.0. The van der Waals surface area contributed by atoms with E-state index in [9.17, 15) is 4.79 Å². The molecular formula is C21H22FN5O4. The van der Waals surface area contributed by atoms with Gasteiger partial charge >= 0.3 is 6.03 Å². The highest BCUT2D eigenvalue weighted by Gasteiger charge is 2.44. The third kappa shape index (κ3) is 4.27. The standard InChI is InChI=1S/C21H22FN5O4/c1-29-15-4-5-17(30-2)16(12-15)24-20(28)27-11-3-8-21(22,13-27)19-25-18(26-31-19)14-6-9-23-10-7-14/h4-7,9-10,12H,3,8,11,13H2,1-2H3,(H,24,28). The van der Waals surface area contributed by atoms with Gasteiger partial charge in [-0.2, -0.15) is 4.98 Å². The third-order valence-electron chi connectivity index (χ3n) is 5.13. The SMILES string of the molecule is COc1ccc(OC)c(NC(=O)N2CCCC(F)(c3nc(-c4ccncc4)no3)C2)c1. The molecule has 2 amide bonds. The highest BCUT2D eigenvalue weighted by molar-refractivity contribution is 5.91. The van der Waals surface area contributed by atoms with E-state index in [1.165, 1.54) is 19.1 Å². The molecule has 1 saturated heterocycles. The number of nitrogens with one attached hydrogen (secondary N) is 1. The maximum Gasteiger partial charge on any atom is 0.322 e. The second-order valence-electron chi connectivity index (χ2n) is 7.15. The van der Waals surface area contributed by atoms with Gasteiger partial charge in [0.05, 0.1) is 26.5 Å². The van der Waals surface area contributed by atoms with Crippen molar-refractivity contribution in [3.05, 3.63) is 48.6 Å². The van der Waals surface area contributed by atoms with Crippen LogP contribution in [0.25, 0.3) is 11.4 Å². The molecule has 0 bridgehead atoms. The number of anilines is 1. The van der Waals surface area contributed by atoms with Gasteiger partial charge in [0.15, 0.2) is 0 Å². The summed E-state index contributed by atoms with van der Waals surface area (Å²) >= 11 is 0. The molecule has 1 aromatic carbocycles. The normalized spacial score (nSPS) is 18.5. The lowest BCUT2D eigenvalue weighted by atomic mass is 9.94. The number of methoxy groups -OCH3 is 2. The van der Waals surface area contributed by atoms with Gasteiger partial charge in [0.2, 0.25) is 11.5 Å². The van der Waals surface area contributed by atoms with Crippen LogP contribution in [0.2, 0.25) is 0 Å². The van der Waals surface area contributed by atoms with Crippen LogP contribution in [0, 0.1) is 0 Å². The van der Waals surface area contributed by atoms with Gasteiger partial charge in [0.25, 0.3) is 5.89 Å². The molecule has 0 radical (unpaired) electrons. The van der Waals surface area contributed by atoms with Gasteiger partial charge in [-0.3, -0.25) is 4.98 Å². The number of pyridine rings is 1. The minimum atomic E-state index is -1.94. The Morgan fingerprint density at radius 2 is 2.03 bits per heavy atom. The molecular weight excluding hydrogens is 405 g/mol. The first kappa shape index (κ1) is 20.6. The minimum Gasteiger partial charge on any atom is -0.497 e. The molecule has 1 aliphatic heterocycles. The molecule has 31 heavy (non-hydrogen) atoms. The second kappa shape index (κ2) is 8.58. The van der Waals surface area contributed by atoms with Crippen LogP contribution < -0.4 is 14.8 Å². The maximum absolute atomic E-state index is 15.8. The Morgan fingerprint density at radius 1 is 1.23 bits per heavy atom. The number of amides is 2. The number of likely N-dealkylation sites (tertiary alicyclic amines) is 1. The number of nitrogens with zero attached hydrogens (tertiary/aromatic N) is 4. The van der Waals surface area contributed by atoms with Crippen molar-refractivity contribution in [3.63, 3.8) is 0 Å². The summed E-state index contributed by atoms with van der Waals surface area (Å²) < 4.78 is 31.5. The van der Waals surface area contributed by atoms with Gasteiger partial charge in [0, 0.05) is 30.6 Å². The number of hydrogen-bond donors (Lipinski definition) is 1. The summed E-state index contributed by atoms with van der Waals surface area (Å²) in [6.07, 6.45) is 3.82. The van der Waals surface area contributed by atoms with E-state index >= 15 is 4.39 Å². The number of ether oxygens (including phenoxy) is 2. The first-order valence-corrected chi connectivity index (χ1v) is 9.74. The molecule has 0 saturated carbocycles. The smallest absolute Gasteiger partial charge is 0.322 e. The van der Waals surface area contributed by atoms with Crippen molar-refractivity contribution >= 4 is 11.7 Å². The summed E-state index contributed by atoms with van der Waals surface area (Å²) in [5, 5.41) is 6.65. The van der Waals surface area contributed by atoms with E-state index < -0.39 is 11.7 Å². The highest BCUT2D eigenvalue weighted by Crippen LogP contribution is 2.36. The van der Waals surface area contributed by atoms with Gasteiger partial charge in [-0.05, 0) is 37.1 Å². The van der Waals surface area contributed by atoms with Crippen LogP contribution in [0.5, 0.6) is 11.5 Å². The fourth-order valence-electron chi connectivity index (χ4n) is 3.49. The average Bonchev–Trinajstić information content (AvgIpc) is 3.31. The van der Waals surface area contributed by atoms with E-state index in [0.29, 0.717) is 35.7 Å². The Balaban J connectivity index is 1.51. The van der Waals surface area contributed by atoms with Crippen molar-refractivity contribution < 1.29 is 23.2 Å². The van der Waals surface area contributed by atoms with Gasteiger partial charge in [-0.15, -0.1) is 0 Å². The Bertz CT molecular complexity index is 1060. The Kier molecular flexibility index (Phi) is 5.70. The van der Waals surface area contributed by atoms with Crippen molar-refractivity contribution in [2.45, 2.75) is 18.5 Å². The van der Waals surface area contributed by atoms with E-state index in [-0.39, 0.29) is 24.7 Å². The molecule has 2 aromatic heterocycles. The van der Waals surface area contributed by atoms with Gasteiger partial charge in [0.1, 0.15) is 11.5 Å². The molecule has 10 heteroatoms. The number of urea groups is 1. The predicted molar refractivity (Wildman–Crippen MR) is 110 cm³/mol. The van der Waals surface area contributed by atoms with E-state index in [0.717, 1.165) is 0 Å². The molecule has 162 valence electrons. The quantitative estimate of drug-likeness (QED) is 0.663. The number of halogens is 1. The fraction of sp³-hybridized carbons (Fsp3) is 0.333. The molecule has 1 unspecified atom stereocenters. The molecule has 1 N–H and O–H groups in total. The zero-order chi connectivity index (χ0) is 21.8. The number of hydrogen-bond acceptors (Lipinski definition) is 7. The van der Waals surface area contributed by atoms with Gasteiger partial charge in [-0.25, -0.2) is 9.18 Å². The lowest BCUT2D eigenvalue weighted by Gasteiger charge is -2.35. The number of alkyl halides is 1. The summed E-state index contributed by atoms with van der Waals surface area (Å²) in [5.74, 6) is 1.16. The number of carbonyl (C=O) groups excluding carboxylic acids is 1. The zero-order valence-corrected chi connectivity index (χ0v) is 17.2. The van der Waals surface area contributed by atoms with Crippen LogP contribution in [-0.4, -0.2) is 53.4 Å². The fourth-order valence-corrected chi connectivity index (χ4v) is 3.49. The second-order valence-corrected chi connectivity index (χ2v) is 7.15. The van der Waals surface area contributed by atoms with E-state index in [4.69, 9.17) is 14.0 Å². The van der Waals surface area contributed by atoms with E-state index in [1.807, 2.05) is 0 Å². The van der Waals surface area contributed by atoms with Crippen LogP contribution in [-0.2, 0) is 5.67 Å². The van der Waals surface area contributed by atoms with Crippen LogP contribution in [0.4, 0.5) is 14.9 Å². The summed E-state index contributed by atoms with van der Waals surface area (Å²) in [6.45, 7) is 0.193. The lowest BCUT2D eigenvalue weighted by Crippen LogP contribution is -2.48. The van der Waals surface area contributed by atoms with Crippen molar-refractivity contribution in [1.82, 2.24) is 20.0 Å². The van der Waals surface area contributed by atoms with Crippen molar-refractivity contribution in [2.24, 2.45) is 0 Å². The number of aromatic nitrogens is 3. The van der Waals surface area contributed by atoms with Crippen molar-refractivity contribution in [2.75, 3.05) is 32.6 Å². The van der Waals surface area contributed by atoms with Crippen molar-refractivity contribution in [1.29, 1.82) is 0 Å². The molecule has 1 fully saturated rings. The summed E-state index contributed by atoms with van der Waals surface area (Å²) in [5.41, 5.74) is -0.837. The van der Waals surface area contributed by atoms with Crippen LogP contribution >= 0.6 is 0 Å². The Morgan fingerprint density at radius 3 is 2.77 bits per heavy atom. The maximum atomic E-state index is 15.8. The number of benzene rings is 1. The third-order valence-corrected chi connectivity index (χ3v) is 5.13. The van der Waals surface area contributed by atoms with Crippen LogP contribution in [0.3, 0.4) is 0 Å². The topological polar surface area (TPSA) is 103 Å². The van der Waals surface area contributed by atoms with Gasteiger partial charge < -0.3 is 24.2 Å². The summed E-state index contributed by atoms with van der Waals surface area (Å²) in [6, 6.07) is 8.01. The zero-order valence-electron chi connectivity index (χ0n) is 17.2. The largest absolute Gasteiger partial charge is 0.497 e. The first-order valence-electron chi connectivity index (χ1n) is 9.74. The van der Waals surface area contributed by atoms with Crippen molar-refractivity contribution in [3.8, 4) is 22.9 Å². The molecule has 0 aliphatic carbocycles. The molecule has 3 heterocycles. The lowest BCUT2D eigenvalue weighted by molar-refractivity contribution is 0.0333. The molecule has 9 nitrogen and oxygen atoms in total. The number of piperidine rings is 1. The molecule has 1 aliphatic rings. The Hall–Kier alpha value is -3.69. The van der Waals surface area contributed by atoms with Gasteiger partial charge in [-0.1, -0.05) is 5.16 Å². The predicted octanol–water partition coefficient (Wildman–Crippen LogP) is 3.64. The summed E-state index contributed by atoms with van der Waals surface area (Å²) in [7, 11) is 3.03. The summed E-state index contributed by atoms with van der Waals surface area (Å²) in [4.78, 5) is 22.4. The van der Waals surface area contributed by atoms with Crippen LogP contribution in [0.15, 0.2) is 47.2 Å². The van der Waals surface area contributed by atoms with E-state index in [1.54, 1.807) is 42.7 Å². The molecule has 3 aromatic rings. The number of carbonyl (C=O) groups is 1. The van der Waals surface area contributed by atoms with Crippen LogP contribution in [0.1, 0.15) is 18.7 Å². The molecule has 0 spiro atoms. The molecule has 4 rings (SSSR count). The Labute approximate surface area is 178 Å². The number of rotatable bonds is 5.